The van der Waals surface area contributed by atoms with Crippen LogP contribution in [0, 0.1) is 0 Å². The molecule has 0 aliphatic carbocycles. The molecule has 49 heavy (non-hydrogen) atoms. The zero-order valence-electron chi connectivity index (χ0n) is 29.0. The standard InChI is InChI=1S/C37H45N5O4.CH3NO/c1-25(46-24-28-9-8-16-45-28)40-33-19-27(37(2,3)4)20-34(36(33)43-5)41-32-13-12-29(30-10-6-7-11-31(30)32)26-21-38-35(39-22-26)23-42-14-17-44-18-15-42;2-1-3/h6-7,10-13,19-22,28,40-41H,1,8-9,14-18,23-24H2,2-5H3;1H,(H2,2,3). The van der Waals surface area contributed by atoms with E-state index < -0.39 is 0 Å². The zero-order valence-corrected chi connectivity index (χ0v) is 29.0. The fraction of sp³-hybridized carbons (Fsp3) is 0.395. The molecule has 1 aromatic heterocycles. The van der Waals surface area contributed by atoms with Gasteiger partial charge < -0.3 is 35.3 Å². The quantitative estimate of drug-likeness (QED) is 0.123. The average Bonchev–Trinajstić information content (AvgIpc) is 3.62. The Morgan fingerprint density at radius 2 is 1.73 bits per heavy atom. The van der Waals surface area contributed by atoms with Crippen molar-refractivity contribution in [2.75, 3.05) is 57.3 Å². The molecule has 11 heteroatoms. The van der Waals surface area contributed by atoms with Gasteiger partial charge in [-0.3, -0.25) is 9.69 Å². The first-order valence-electron chi connectivity index (χ1n) is 16.7. The molecule has 4 aromatic rings. The summed E-state index contributed by atoms with van der Waals surface area (Å²) in [6, 6.07) is 16.9. The molecule has 2 fully saturated rings. The Hall–Kier alpha value is -4.71. The zero-order chi connectivity index (χ0) is 34.8. The number of carbonyl (C=O) groups is 1. The Balaban J connectivity index is 0.00000151. The van der Waals surface area contributed by atoms with E-state index in [4.69, 9.17) is 33.7 Å². The number of rotatable bonds is 11. The van der Waals surface area contributed by atoms with Crippen molar-refractivity contribution in [2.24, 2.45) is 5.73 Å². The molecular formula is C38H48N6O5. The van der Waals surface area contributed by atoms with Crippen molar-refractivity contribution in [3.63, 3.8) is 0 Å². The highest BCUT2D eigenvalue weighted by molar-refractivity contribution is 6.04. The Morgan fingerprint density at radius 1 is 1.04 bits per heavy atom. The molecule has 1 atom stereocenters. The van der Waals surface area contributed by atoms with Crippen LogP contribution in [0.25, 0.3) is 21.9 Å². The third kappa shape index (κ3) is 9.26. The maximum absolute atomic E-state index is 8.58. The molecule has 6 rings (SSSR count). The van der Waals surface area contributed by atoms with Gasteiger partial charge in [0.15, 0.2) is 11.6 Å². The van der Waals surface area contributed by atoms with Gasteiger partial charge in [0.05, 0.1) is 44.3 Å². The highest BCUT2D eigenvalue weighted by atomic mass is 16.5. The second kappa shape index (κ2) is 16.6. The van der Waals surface area contributed by atoms with Crippen molar-refractivity contribution in [3.8, 4) is 16.9 Å². The molecule has 0 bridgehead atoms. The number of fused-ring (bicyclic) bond motifs is 1. The minimum Gasteiger partial charge on any atom is -0.492 e. The second-order valence-corrected chi connectivity index (χ2v) is 13.1. The van der Waals surface area contributed by atoms with Crippen LogP contribution in [0.4, 0.5) is 17.1 Å². The van der Waals surface area contributed by atoms with Gasteiger partial charge in [0, 0.05) is 48.7 Å². The predicted molar refractivity (Wildman–Crippen MR) is 194 cm³/mol. The van der Waals surface area contributed by atoms with E-state index in [1.165, 1.54) is 0 Å². The molecule has 1 amide bonds. The van der Waals surface area contributed by atoms with Crippen molar-refractivity contribution in [2.45, 2.75) is 51.7 Å². The van der Waals surface area contributed by atoms with Crippen molar-refractivity contribution < 1.29 is 23.7 Å². The molecule has 0 radical (unpaired) electrons. The summed E-state index contributed by atoms with van der Waals surface area (Å²) in [7, 11) is 1.68. The summed E-state index contributed by atoms with van der Waals surface area (Å²) < 4.78 is 23.1. The van der Waals surface area contributed by atoms with Crippen molar-refractivity contribution >= 4 is 34.2 Å². The number of nitrogens with zero attached hydrogens (tertiary/aromatic N) is 3. The van der Waals surface area contributed by atoms with Crippen molar-refractivity contribution in [1.82, 2.24) is 14.9 Å². The topological polar surface area (TPSA) is 133 Å². The molecule has 2 saturated heterocycles. The second-order valence-electron chi connectivity index (χ2n) is 13.1. The number of morpholine rings is 1. The third-order valence-corrected chi connectivity index (χ3v) is 8.58. The molecule has 0 saturated carbocycles. The maximum Gasteiger partial charge on any atom is 0.204 e. The number of anilines is 3. The number of ether oxygens (including phenoxy) is 4. The number of benzene rings is 3. The fourth-order valence-electron chi connectivity index (χ4n) is 5.96. The van der Waals surface area contributed by atoms with Gasteiger partial charge in [-0.1, -0.05) is 51.1 Å². The highest BCUT2D eigenvalue weighted by Gasteiger charge is 2.22. The monoisotopic (exact) mass is 668 g/mol. The number of methoxy groups -OCH3 is 1. The van der Waals surface area contributed by atoms with Gasteiger partial charge in [-0.2, -0.15) is 0 Å². The fourth-order valence-corrected chi connectivity index (χ4v) is 5.96. The van der Waals surface area contributed by atoms with Gasteiger partial charge in [0.2, 0.25) is 6.41 Å². The SMILES string of the molecule is C=C(Nc1cc(C(C)(C)C)cc(Nc2ccc(-c3cnc(CN4CCOCC4)nc3)c3ccccc23)c1OC)OCC1CCCO1.NC=O. The van der Waals surface area contributed by atoms with Crippen LogP contribution in [0.5, 0.6) is 5.75 Å². The van der Waals surface area contributed by atoms with E-state index in [0.717, 1.165) is 103 Å². The number of primary amides is 1. The summed E-state index contributed by atoms with van der Waals surface area (Å²) in [5, 5.41) is 9.25. The van der Waals surface area contributed by atoms with E-state index in [9.17, 15) is 0 Å². The van der Waals surface area contributed by atoms with E-state index in [-0.39, 0.29) is 17.9 Å². The van der Waals surface area contributed by atoms with Gasteiger partial charge in [0.25, 0.3) is 0 Å². The Bertz CT molecular complexity index is 1710. The Labute approximate surface area is 288 Å². The molecule has 1 unspecified atom stereocenters. The van der Waals surface area contributed by atoms with Crippen LogP contribution < -0.4 is 21.1 Å². The smallest absolute Gasteiger partial charge is 0.204 e. The number of hydrogen-bond donors (Lipinski definition) is 3. The number of aromatic nitrogens is 2. The third-order valence-electron chi connectivity index (χ3n) is 8.58. The summed E-state index contributed by atoms with van der Waals surface area (Å²) in [5.41, 5.74) is 9.85. The molecule has 3 aromatic carbocycles. The van der Waals surface area contributed by atoms with Crippen LogP contribution in [0.3, 0.4) is 0 Å². The van der Waals surface area contributed by atoms with Gasteiger partial charge >= 0.3 is 0 Å². The first-order valence-corrected chi connectivity index (χ1v) is 16.7. The molecule has 2 aliphatic heterocycles. The van der Waals surface area contributed by atoms with Gasteiger partial charge in [-0.05, 0) is 59.5 Å². The van der Waals surface area contributed by atoms with Gasteiger partial charge in [-0.25, -0.2) is 9.97 Å². The average molecular weight is 669 g/mol. The number of amides is 1. The lowest BCUT2D eigenvalue weighted by Crippen LogP contribution is -2.36. The van der Waals surface area contributed by atoms with Crippen LogP contribution in [0.1, 0.15) is 45.0 Å². The van der Waals surface area contributed by atoms with Crippen LogP contribution >= 0.6 is 0 Å². The van der Waals surface area contributed by atoms with Crippen LogP contribution in [0.15, 0.2) is 73.4 Å². The molecule has 2 aliphatic rings. The molecule has 3 heterocycles. The number of nitrogens with two attached hydrogens (primary N) is 1. The predicted octanol–water partition coefficient (Wildman–Crippen LogP) is 6.36. The molecule has 11 nitrogen and oxygen atoms in total. The van der Waals surface area contributed by atoms with E-state index >= 15 is 0 Å². The minimum atomic E-state index is -0.112. The lowest BCUT2D eigenvalue weighted by Gasteiger charge is -2.25. The van der Waals surface area contributed by atoms with Gasteiger partial charge in [-0.15, -0.1) is 0 Å². The summed E-state index contributed by atoms with van der Waals surface area (Å²) in [6.07, 6.45) is 6.28. The van der Waals surface area contributed by atoms with E-state index in [1.807, 2.05) is 12.4 Å². The van der Waals surface area contributed by atoms with E-state index in [2.05, 4.69) is 97.1 Å². The summed E-state index contributed by atoms with van der Waals surface area (Å²) >= 11 is 0. The van der Waals surface area contributed by atoms with Crippen LogP contribution in [-0.4, -0.2) is 74.0 Å². The minimum absolute atomic E-state index is 0.106. The first kappa shape index (κ1) is 35.6. The lowest BCUT2D eigenvalue weighted by molar-refractivity contribution is -0.106. The number of carbonyl (C=O) groups excluding carboxylic acids is 1. The Kier molecular flexibility index (Phi) is 12.1. The van der Waals surface area contributed by atoms with Crippen molar-refractivity contribution in [1.29, 1.82) is 0 Å². The lowest BCUT2D eigenvalue weighted by atomic mass is 9.86. The molecule has 0 spiro atoms. The molecule has 4 N–H and O–H groups in total. The Morgan fingerprint density at radius 3 is 2.39 bits per heavy atom. The van der Waals surface area contributed by atoms with E-state index in [1.54, 1.807) is 7.11 Å². The van der Waals surface area contributed by atoms with Crippen LogP contribution in [0.2, 0.25) is 0 Å². The van der Waals surface area contributed by atoms with Crippen molar-refractivity contribution in [3.05, 3.63) is 84.8 Å². The summed E-state index contributed by atoms with van der Waals surface area (Å²) in [5.74, 6) is 1.95. The van der Waals surface area contributed by atoms with E-state index in [0.29, 0.717) is 18.2 Å². The largest absolute Gasteiger partial charge is 0.492 e. The molecule has 260 valence electrons. The summed E-state index contributed by atoms with van der Waals surface area (Å²) in [4.78, 5) is 20.3. The first-order chi connectivity index (χ1) is 23.7. The maximum atomic E-state index is 8.58. The summed E-state index contributed by atoms with van der Waals surface area (Å²) in [6.45, 7) is 16.0. The van der Waals surface area contributed by atoms with Gasteiger partial charge in [0.1, 0.15) is 12.4 Å². The normalized spacial score (nSPS) is 16.4. The highest BCUT2D eigenvalue weighted by Crippen LogP contribution is 2.42. The number of nitrogens with one attached hydrogen (secondary N) is 2. The molecular weight excluding hydrogens is 620 g/mol. The van der Waals surface area contributed by atoms with Crippen LogP contribution in [-0.2, 0) is 31.0 Å². The number of hydrogen-bond acceptors (Lipinski definition) is 10.